The van der Waals surface area contributed by atoms with E-state index in [0.717, 1.165) is 27.5 Å². The number of hydrogen-bond acceptors (Lipinski definition) is 5. The first-order valence-corrected chi connectivity index (χ1v) is 9.87. The smallest absolute Gasteiger partial charge is 0.262 e. The van der Waals surface area contributed by atoms with Gasteiger partial charge in [-0.3, -0.25) is 14.2 Å². The van der Waals surface area contributed by atoms with Crippen molar-refractivity contribution < 1.29 is 9.53 Å². The van der Waals surface area contributed by atoms with E-state index < -0.39 is 0 Å². The van der Waals surface area contributed by atoms with Crippen LogP contribution in [0.1, 0.15) is 46.5 Å². The maximum atomic E-state index is 12.9. The Morgan fingerprint density at radius 1 is 1.33 bits per heavy atom. The predicted molar refractivity (Wildman–Crippen MR) is 108 cm³/mol. The van der Waals surface area contributed by atoms with Gasteiger partial charge >= 0.3 is 0 Å². The Kier molecular flexibility index (Phi) is 5.62. The van der Waals surface area contributed by atoms with Crippen molar-refractivity contribution in [3.63, 3.8) is 0 Å². The van der Waals surface area contributed by atoms with Crippen LogP contribution in [0.15, 0.2) is 23.3 Å². The fraction of sp³-hybridized carbons (Fsp3) is 0.450. The number of fused-ring (bicyclic) bond motifs is 1. The van der Waals surface area contributed by atoms with Gasteiger partial charge in [0.15, 0.2) is 5.78 Å². The number of aryl methyl sites for hydroxylation is 2. The highest BCUT2D eigenvalue weighted by atomic mass is 32.1. The van der Waals surface area contributed by atoms with Gasteiger partial charge in [0.2, 0.25) is 0 Å². The molecule has 7 heteroatoms. The number of carbonyl (C=O) groups excluding carboxylic acids is 1. The Hall–Kier alpha value is -2.25. The Morgan fingerprint density at radius 3 is 2.74 bits per heavy atom. The van der Waals surface area contributed by atoms with E-state index in [1.807, 2.05) is 32.9 Å². The first kappa shape index (κ1) is 19.5. The van der Waals surface area contributed by atoms with Gasteiger partial charge in [-0.2, -0.15) is 0 Å². The molecule has 6 nitrogen and oxygen atoms in total. The Bertz CT molecular complexity index is 1040. The minimum atomic E-state index is -0.161. The minimum absolute atomic E-state index is 0.0119. The second kappa shape index (κ2) is 7.78. The summed E-state index contributed by atoms with van der Waals surface area (Å²) in [6, 6.07) is 3.91. The molecule has 0 radical (unpaired) electrons. The number of methoxy groups -OCH3 is 1. The fourth-order valence-corrected chi connectivity index (χ4v) is 4.52. The van der Waals surface area contributed by atoms with E-state index in [1.54, 1.807) is 7.11 Å². The Labute approximate surface area is 162 Å². The number of nitrogens with zero attached hydrogens (tertiary/aromatic N) is 3. The average molecular weight is 388 g/mol. The summed E-state index contributed by atoms with van der Waals surface area (Å²) >= 11 is 1.53. The zero-order valence-corrected chi connectivity index (χ0v) is 17.2. The summed E-state index contributed by atoms with van der Waals surface area (Å²) in [6.07, 6.45) is 2.34. The highest BCUT2D eigenvalue weighted by molar-refractivity contribution is 7.18. The van der Waals surface area contributed by atoms with Crippen LogP contribution in [0, 0.1) is 13.8 Å². The molecule has 0 aliphatic rings. The van der Waals surface area contributed by atoms with Crippen molar-refractivity contribution in [2.45, 2.75) is 46.7 Å². The summed E-state index contributed by atoms with van der Waals surface area (Å²) in [6.45, 7) is 8.58. The van der Waals surface area contributed by atoms with Crippen molar-refractivity contribution in [1.82, 2.24) is 14.1 Å². The lowest BCUT2D eigenvalue weighted by Gasteiger charge is -2.17. The van der Waals surface area contributed by atoms with Crippen molar-refractivity contribution in [3.8, 4) is 0 Å². The van der Waals surface area contributed by atoms with Crippen LogP contribution in [0.2, 0.25) is 0 Å². The molecule has 0 aromatic carbocycles. The number of aromatic nitrogens is 3. The molecular weight excluding hydrogens is 362 g/mol. The van der Waals surface area contributed by atoms with Gasteiger partial charge in [-0.1, -0.05) is 6.92 Å². The van der Waals surface area contributed by atoms with Gasteiger partial charge in [-0.15, -0.1) is 11.3 Å². The van der Waals surface area contributed by atoms with Gasteiger partial charge in [0.05, 0.1) is 30.9 Å². The normalized spacial score (nSPS) is 12.6. The SMILES string of the molecule is CCc1cc2c(=O)n(CC(=O)c3cc(C)n(C(C)COC)c3C)cnc2s1. The molecule has 3 aromatic heterocycles. The maximum Gasteiger partial charge on any atom is 0.262 e. The van der Waals surface area contributed by atoms with Crippen LogP contribution in [0.5, 0.6) is 0 Å². The van der Waals surface area contributed by atoms with Crippen molar-refractivity contribution >= 4 is 27.3 Å². The van der Waals surface area contributed by atoms with Gasteiger partial charge in [0, 0.05) is 28.9 Å². The molecule has 0 bridgehead atoms. The third-order valence-electron chi connectivity index (χ3n) is 4.86. The summed E-state index contributed by atoms with van der Waals surface area (Å²) in [5.74, 6) is -0.0897. The molecule has 0 aliphatic carbocycles. The molecule has 144 valence electrons. The number of hydrogen-bond donors (Lipinski definition) is 0. The molecule has 3 aromatic rings. The Balaban J connectivity index is 1.92. The molecule has 0 N–H and O–H groups in total. The maximum absolute atomic E-state index is 12.9. The lowest BCUT2D eigenvalue weighted by Crippen LogP contribution is -2.24. The monoisotopic (exact) mass is 387 g/mol. The van der Waals surface area contributed by atoms with Crippen LogP contribution in [0.25, 0.3) is 10.2 Å². The minimum Gasteiger partial charge on any atom is -0.383 e. The molecular formula is C20H25N3O3S. The third kappa shape index (κ3) is 3.61. The predicted octanol–water partition coefficient (Wildman–Crippen LogP) is 3.53. The van der Waals surface area contributed by atoms with Crippen LogP contribution in [0.4, 0.5) is 0 Å². The van der Waals surface area contributed by atoms with E-state index in [0.29, 0.717) is 17.6 Å². The topological polar surface area (TPSA) is 66.1 Å². The van der Waals surface area contributed by atoms with E-state index in [4.69, 9.17) is 4.74 Å². The standard InChI is InChI=1S/C20H25N3O3S/c1-6-15-8-17-19(27-15)21-11-22(20(17)25)9-18(24)16-7-12(2)23(14(16)4)13(3)10-26-5/h7-8,11,13H,6,9-10H2,1-5H3. The molecule has 0 amide bonds. The fourth-order valence-electron chi connectivity index (χ4n) is 3.59. The average Bonchev–Trinajstić information content (AvgIpc) is 3.18. The molecule has 3 rings (SSSR count). The van der Waals surface area contributed by atoms with Crippen LogP contribution in [0.3, 0.4) is 0 Å². The van der Waals surface area contributed by atoms with E-state index >= 15 is 0 Å². The van der Waals surface area contributed by atoms with Crippen molar-refractivity contribution in [2.24, 2.45) is 0 Å². The molecule has 3 heterocycles. The molecule has 0 saturated heterocycles. The molecule has 0 spiro atoms. The molecule has 0 aliphatic heterocycles. The van der Waals surface area contributed by atoms with Gasteiger partial charge in [-0.05, 0) is 39.3 Å². The first-order chi connectivity index (χ1) is 12.9. The lowest BCUT2D eigenvalue weighted by molar-refractivity contribution is 0.0969. The number of ketones is 1. The molecule has 0 saturated carbocycles. The van der Waals surface area contributed by atoms with E-state index in [-0.39, 0.29) is 23.9 Å². The summed E-state index contributed by atoms with van der Waals surface area (Å²) in [5, 5.41) is 0.589. The van der Waals surface area contributed by atoms with Crippen molar-refractivity contribution in [2.75, 3.05) is 13.7 Å². The summed E-state index contributed by atoms with van der Waals surface area (Å²) in [4.78, 5) is 31.8. The first-order valence-electron chi connectivity index (χ1n) is 9.05. The van der Waals surface area contributed by atoms with Crippen LogP contribution in [-0.2, 0) is 17.7 Å². The summed E-state index contributed by atoms with van der Waals surface area (Å²) < 4.78 is 8.75. The van der Waals surface area contributed by atoms with Crippen molar-refractivity contribution in [1.29, 1.82) is 0 Å². The summed E-state index contributed by atoms with van der Waals surface area (Å²) in [7, 11) is 1.67. The number of thiophene rings is 1. The zero-order chi connectivity index (χ0) is 19.7. The van der Waals surface area contributed by atoms with Gasteiger partial charge < -0.3 is 9.30 Å². The van der Waals surface area contributed by atoms with E-state index in [1.165, 1.54) is 22.2 Å². The highest BCUT2D eigenvalue weighted by Gasteiger charge is 2.20. The number of Topliss-reactive ketones (excluding diaryl/α,β-unsaturated/α-hetero) is 1. The second-order valence-electron chi connectivity index (χ2n) is 6.85. The Morgan fingerprint density at radius 2 is 2.07 bits per heavy atom. The molecule has 0 fully saturated rings. The van der Waals surface area contributed by atoms with Gasteiger partial charge in [0.1, 0.15) is 4.83 Å². The molecule has 1 atom stereocenters. The number of carbonyl (C=O) groups is 1. The number of ether oxygens (including phenoxy) is 1. The highest BCUT2D eigenvalue weighted by Crippen LogP contribution is 2.23. The molecule has 1 unspecified atom stereocenters. The lowest BCUT2D eigenvalue weighted by atomic mass is 10.1. The van der Waals surface area contributed by atoms with Crippen LogP contribution in [-0.4, -0.2) is 33.6 Å². The molecule has 27 heavy (non-hydrogen) atoms. The van der Waals surface area contributed by atoms with Crippen LogP contribution < -0.4 is 5.56 Å². The van der Waals surface area contributed by atoms with Crippen molar-refractivity contribution in [3.05, 3.63) is 50.6 Å². The third-order valence-corrected chi connectivity index (χ3v) is 6.05. The quantitative estimate of drug-likeness (QED) is 0.582. The van der Waals surface area contributed by atoms with E-state index in [9.17, 15) is 9.59 Å². The van der Waals surface area contributed by atoms with Crippen LogP contribution >= 0.6 is 11.3 Å². The summed E-state index contributed by atoms with van der Waals surface area (Å²) in [5.41, 5.74) is 2.38. The van der Waals surface area contributed by atoms with E-state index in [2.05, 4.69) is 16.5 Å². The second-order valence-corrected chi connectivity index (χ2v) is 7.96. The largest absolute Gasteiger partial charge is 0.383 e. The zero-order valence-electron chi connectivity index (χ0n) is 16.4. The van der Waals surface area contributed by atoms with Gasteiger partial charge in [0.25, 0.3) is 5.56 Å². The van der Waals surface area contributed by atoms with Gasteiger partial charge in [-0.25, -0.2) is 4.98 Å². The number of rotatable bonds is 7.